The first-order valence-corrected chi connectivity index (χ1v) is 6.20. The molecule has 0 aromatic heterocycles. The zero-order valence-electron chi connectivity index (χ0n) is 12.4. The highest BCUT2D eigenvalue weighted by molar-refractivity contribution is 5.88. The fourth-order valence-electron chi connectivity index (χ4n) is 1.62. The van der Waals surface area contributed by atoms with E-state index in [0.29, 0.717) is 22.8 Å². The largest absolute Gasteiger partial charge is 0.496 e. The minimum absolute atomic E-state index is 0.160. The topological polar surface area (TPSA) is 54.0 Å². The first-order valence-electron chi connectivity index (χ1n) is 6.20. The normalized spacial score (nSPS) is 10.7. The lowest BCUT2D eigenvalue weighted by molar-refractivity contribution is -0.141. The lowest BCUT2D eigenvalue weighted by Crippen LogP contribution is -2.08. The highest BCUT2D eigenvalue weighted by Gasteiger charge is 2.11. The third kappa shape index (κ3) is 4.19. The maximum absolute atomic E-state index is 11.5. The average Bonchev–Trinajstić information content (AvgIpc) is 2.43. The zero-order valence-corrected chi connectivity index (χ0v) is 12.4. The molecule has 0 saturated heterocycles. The molecule has 110 valence electrons. The summed E-state index contributed by atoms with van der Waals surface area (Å²) in [6, 6.07) is 3.44. The smallest absolute Gasteiger partial charge is 0.331 e. The van der Waals surface area contributed by atoms with Crippen molar-refractivity contribution < 1.29 is 23.7 Å². The number of hydrogen-bond donors (Lipinski definition) is 0. The summed E-state index contributed by atoms with van der Waals surface area (Å²) >= 11 is 0. The van der Waals surface area contributed by atoms with E-state index in [9.17, 15) is 4.79 Å². The van der Waals surface area contributed by atoms with Crippen LogP contribution in [-0.4, -0.2) is 33.4 Å². The second kappa shape index (κ2) is 7.43. The maximum atomic E-state index is 11.5. The van der Waals surface area contributed by atoms with Crippen LogP contribution >= 0.6 is 0 Å². The standard InChI is InChI=1S/C15H20O5/c1-10(2)20-15(16)7-6-12-13(18-4)8-11(17-3)9-14(12)19-5/h6-10H,1-5H3. The molecule has 20 heavy (non-hydrogen) atoms. The Labute approximate surface area is 119 Å². The molecule has 0 N–H and O–H groups in total. The van der Waals surface area contributed by atoms with Gasteiger partial charge in [0.2, 0.25) is 0 Å². The van der Waals surface area contributed by atoms with E-state index < -0.39 is 5.97 Å². The summed E-state index contributed by atoms with van der Waals surface area (Å²) in [6.45, 7) is 3.58. The molecule has 0 fully saturated rings. The van der Waals surface area contributed by atoms with Crippen molar-refractivity contribution in [2.24, 2.45) is 0 Å². The first-order chi connectivity index (χ1) is 9.51. The van der Waals surface area contributed by atoms with Gasteiger partial charge in [-0.05, 0) is 19.9 Å². The minimum atomic E-state index is -0.417. The van der Waals surface area contributed by atoms with Crippen LogP contribution in [0.5, 0.6) is 17.2 Å². The Balaban J connectivity index is 3.09. The van der Waals surface area contributed by atoms with Crippen LogP contribution in [0.3, 0.4) is 0 Å². The van der Waals surface area contributed by atoms with Crippen LogP contribution in [0.15, 0.2) is 18.2 Å². The van der Waals surface area contributed by atoms with E-state index in [4.69, 9.17) is 18.9 Å². The molecule has 5 heteroatoms. The molecule has 0 aliphatic heterocycles. The third-order valence-electron chi connectivity index (χ3n) is 2.49. The third-order valence-corrected chi connectivity index (χ3v) is 2.49. The van der Waals surface area contributed by atoms with Gasteiger partial charge in [0.15, 0.2) is 0 Å². The molecule has 0 atom stereocenters. The van der Waals surface area contributed by atoms with Crippen molar-refractivity contribution in [3.05, 3.63) is 23.8 Å². The molecular formula is C15H20O5. The molecule has 1 rings (SSSR count). The quantitative estimate of drug-likeness (QED) is 0.592. The molecule has 1 aromatic carbocycles. The van der Waals surface area contributed by atoms with E-state index in [2.05, 4.69) is 0 Å². The van der Waals surface area contributed by atoms with Gasteiger partial charge in [0, 0.05) is 18.2 Å². The second-order valence-corrected chi connectivity index (χ2v) is 4.26. The molecule has 0 aliphatic rings. The van der Waals surface area contributed by atoms with Crippen molar-refractivity contribution in [3.8, 4) is 17.2 Å². The van der Waals surface area contributed by atoms with E-state index >= 15 is 0 Å². The Morgan fingerprint density at radius 3 is 2.00 bits per heavy atom. The maximum Gasteiger partial charge on any atom is 0.331 e. The summed E-state index contributed by atoms with van der Waals surface area (Å²) in [5, 5.41) is 0. The van der Waals surface area contributed by atoms with Crippen molar-refractivity contribution in [1.82, 2.24) is 0 Å². The second-order valence-electron chi connectivity index (χ2n) is 4.26. The van der Waals surface area contributed by atoms with Crippen LogP contribution in [-0.2, 0) is 9.53 Å². The number of carbonyl (C=O) groups is 1. The van der Waals surface area contributed by atoms with Gasteiger partial charge in [-0.2, -0.15) is 0 Å². The molecule has 0 aliphatic carbocycles. The van der Waals surface area contributed by atoms with Crippen molar-refractivity contribution in [3.63, 3.8) is 0 Å². The molecule has 1 aromatic rings. The Bertz CT molecular complexity index is 466. The minimum Gasteiger partial charge on any atom is -0.496 e. The van der Waals surface area contributed by atoms with Gasteiger partial charge >= 0.3 is 5.97 Å². The highest BCUT2D eigenvalue weighted by atomic mass is 16.5. The molecular weight excluding hydrogens is 260 g/mol. The number of esters is 1. The molecule has 0 spiro atoms. The van der Waals surface area contributed by atoms with Gasteiger partial charge in [-0.25, -0.2) is 4.79 Å². The number of hydrogen-bond acceptors (Lipinski definition) is 5. The van der Waals surface area contributed by atoms with Gasteiger partial charge in [-0.3, -0.25) is 0 Å². The number of carbonyl (C=O) groups excluding carboxylic acids is 1. The van der Waals surface area contributed by atoms with Crippen molar-refractivity contribution in [1.29, 1.82) is 0 Å². The van der Waals surface area contributed by atoms with E-state index in [0.717, 1.165) is 0 Å². The fraction of sp³-hybridized carbons (Fsp3) is 0.400. The highest BCUT2D eigenvalue weighted by Crippen LogP contribution is 2.34. The van der Waals surface area contributed by atoms with Crippen LogP contribution in [0.4, 0.5) is 0 Å². The summed E-state index contributed by atoms with van der Waals surface area (Å²) in [7, 11) is 4.64. The summed E-state index contributed by atoms with van der Waals surface area (Å²) in [5.41, 5.74) is 0.650. The summed E-state index contributed by atoms with van der Waals surface area (Å²) in [4.78, 5) is 11.5. The molecule has 0 saturated carbocycles. The Kier molecular flexibility index (Phi) is 5.90. The monoisotopic (exact) mass is 280 g/mol. The van der Waals surface area contributed by atoms with Crippen molar-refractivity contribution in [2.75, 3.05) is 21.3 Å². The van der Waals surface area contributed by atoms with Gasteiger partial charge in [-0.1, -0.05) is 0 Å². The van der Waals surface area contributed by atoms with Gasteiger partial charge in [0.05, 0.1) is 33.0 Å². The lowest BCUT2D eigenvalue weighted by Gasteiger charge is -2.12. The molecule has 0 heterocycles. The summed E-state index contributed by atoms with van der Waals surface area (Å²) in [6.07, 6.45) is 2.78. The number of benzene rings is 1. The Morgan fingerprint density at radius 2 is 1.60 bits per heavy atom. The molecule has 5 nitrogen and oxygen atoms in total. The Hall–Kier alpha value is -2.17. The van der Waals surface area contributed by atoms with Gasteiger partial charge in [-0.15, -0.1) is 0 Å². The summed E-state index contributed by atoms with van der Waals surface area (Å²) < 4.78 is 20.7. The van der Waals surface area contributed by atoms with E-state index in [1.807, 2.05) is 0 Å². The van der Waals surface area contributed by atoms with Crippen LogP contribution in [0, 0.1) is 0 Å². The van der Waals surface area contributed by atoms with Crippen molar-refractivity contribution >= 4 is 12.0 Å². The predicted octanol–water partition coefficient (Wildman–Crippen LogP) is 2.68. The van der Waals surface area contributed by atoms with Gasteiger partial charge in [0.1, 0.15) is 17.2 Å². The van der Waals surface area contributed by atoms with Crippen LogP contribution < -0.4 is 14.2 Å². The Morgan fingerprint density at radius 1 is 1.05 bits per heavy atom. The number of methoxy groups -OCH3 is 3. The average molecular weight is 280 g/mol. The number of rotatable bonds is 6. The van der Waals surface area contributed by atoms with Gasteiger partial charge < -0.3 is 18.9 Å². The van der Waals surface area contributed by atoms with Crippen molar-refractivity contribution in [2.45, 2.75) is 20.0 Å². The summed E-state index contributed by atoms with van der Waals surface area (Å²) in [5.74, 6) is 1.30. The van der Waals surface area contributed by atoms with Crippen LogP contribution in [0.25, 0.3) is 6.08 Å². The van der Waals surface area contributed by atoms with Crippen LogP contribution in [0.2, 0.25) is 0 Å². The predicted molar refractivity (Wildman–Crippen MR) is 76.4 cm³/mol. The molecule has 0 radical (unpaired) electrons. The molecule has 0 unspecified atom stereocenters. The van der Waals surface area contributed by atoms with E-state index in [-0.39, 0.29) is 6.10 Å². The molecule has 0 amide bonds. The van der Waals surface area contributed by atoms with E-state index in [1.54, 1.807) is 39.2 Å². The first kappa shape index (κ1) is 15.9. The fourth-order valence-corrected chi connectivity index (χ4v) is 1.62. The zero-order chi connectivity index (χ0) is 15.1. The van der Waals surface area contributed by atoms with Crippen LogP contribution in [0.1, 0.15) is 19.4 Å². The van der Waals surface area contributed by atoms with E-state index in [1.165, 1.54) is 20.3 Å². The van der Waals surface area contributed by atoms with Gasteiger partial charge in [0.25, 0.3) is 0 Å². The lowest BCUT2D eigenvalue weighted by atomic mass is 10.1. The number of ether oxygens (including phenoxy) is 4. The molecule has 0 bridgehead atoms. The SMILES string of the molecule is COc1cc(OC)c(C=CC(=O)OC(C)C)c(OC)c1.